The van der Waals surface area contributed by atoms with Gasteiger partial charge in [0.15, 0.2) is 0 Å². The van der Waals surface area contributed by atoms with Crippen LogP contribution in [0.5, 0.6) is 0 Å². The van der Waals surface area contributed by atoms with E-state index in [-0.39, 0.29) is 21.7 Å². The summed E-state index contributed by atoms with van der Waals surface area (Å²) in [7, 11) is 0. The largest absolute Gasteiger partial charge is 0.0838 e. The van der Waals surface area contributed by atoms with Crippen LogP contribution in [-0.2, 0) is 0 Å². The van der Waals surface area contributed by atoms with Crippen LogP contribution in [0.4, 0.5) is 0 Å². The Labute approximate surface area is 141 Å². The maximum atomic E-state index is 2.48. The van der Waals surface area contributed by atoms with Crippen LogP contribution in [0.3, 0.4) is 0 Å². The topological polar surface area (TPSA) is 0 Å². The molecule has 0 aliphatic carbocycles. The van der Waals surface area contributed by atoms with Crippen molar-refractivity contribution in [3.05, 3.63) is 24.3 Å². The van der Waals surface area contributed by atoms with Gasteiger partial charge in [0.25, 0.3) is 0 Å². The Hall–Kier alpha value is -0.520. The summed E-state index contributed by atoms with van der Waals surface area (Å²) in [6.45, 7) is 27.9. The van der Waals surface area contributed by atoms with Crippen molar-refractivity contribution in [2.45, 2.75) is 83.1 Å². The maximum absolute atomic E-state index is 2.48. The van der Waals surface area contributed by atoms with Gasteiger partial charge < -0.3 is 0 Å². The second-order valence-electron chi connectivity index (χ2n) is 11.2. The van der Waals surface area contributed by atoms with Crippen LogP contribution in [0.25, 0.3) is 0 Å². The number of rotatable bonds is 3. The van der Waals surface area contributed by atoms with E-state index in [0.29, 0.717) is 11.8 Å². The van der Waals surface area contributed by atoms with Crippen molar-refractivity contribution in [1.29, 1.82) is 0 Å². The molecule has 22 heavy (non-hydrogen) atoms. The van der Waals surface area contributed by atoms with Gasteiger partial charge in [0.05, 0.1) is 0 Å². The van der Waals surface area contributed by atoms with Crippen molar-refractivity contribution in [1.82, 2.24) is 0 Å². The van der Waals surface area contributed by atoms with Gasteiger partial charge in [0, 0.05) is 0 Å². The SMILES string of the molecule is CC(C)(C)/C=C\[C@@H]([C@H](/C=C\C(C)(C)C)C(C)(C)C)C(C)(C)C. The van der Waals surface area contributed by atoms with E-state index in [4.69, 9.17) is 0 Å². The molecule has 0 heterocycles. The molecular formula is C22H42. The first kappa shape index (κ1) is 21.5. The standard InChI is InChI=1S/C22H42/c1-19(2,3)15-13-17(21(7,8)9)18(22(10,11)12)14-16-20(4,5)6/h13-18H,1-12H3/b15-13-,16-14-/t17-,18-/m0/s1. The molecule has 0 nitrogen and oxygen atoms in total. The lowest BCUT2D eigenvalue weighted by atomic mass is 9.63. The number of hydrogen-bond donors (Lipinski definition) is 0. The van der Waals surface area contributed by atoms with Crippen molar-refractivity contribution in [2.75, 3.05) is 0 Å². The van der Waals surface area contributed by atoms with E-state index in [9.17, 15) is 0 Å². The molecule has 0 saturated carbocycles. The molecule has 0 spiro atoms. The van der Waals surface area contributed by atoms with Crippen molar-refractivity contribution >= 4 is 0 Å². The van der Waals surface area contributed by atoms with Gasteiger partial charge in [-0.2, -0.15) is 0 Å². The highest BCUT2D eigenvalue weighted by atomic mass is 14.4. The second-order valence-corrected chi connectivity index (χ2v) is 11.2. The molecule has 130 valence electrons. The molecule has 0 bridgehead atoms. The Balaban J connectivity index is 5.79. The molecular weight excluding hydrogens is 264 g/mol. The Morgan fingerprint density at radius 1 is 0.455 bits per heavy atom. The Morgan fingerprint density at radius 2 is 0.682 bits per heavy atom. The van der Waals surface area contributed by atoms with E-state index in [0.717, 1.165) is 0 Å². The van der Waals surface area contributed by atoms with E-state index >= 15 is 0 Å². The number of allylic oxidation sites excluding steroid dienone is 4. The van der Waals surface area contributed by atoms with Crippen molar-refractivity contribution in [2.24, 2.45) is 33.5 Å². The normalized spacial score (nSPS) is 18.2. The zero-order valence-electron chi connectivity index (χ0n) is 17.5. The monoisotopic (exact) mass is 306 g/mol. The predicted octanol–water partition coefficient (Wildman–Crippen LogP) is 7.52. The van der Waals surface area contributed by atoms with Gasteiger partial charge in [-0.05, 0) is 33.5 Å². The first-order valence-corrected chi connectivity index (χ1v) is 8.82. The molecule has 0 aromatic carbocycles. The fourth-order valence-electron chi connectivity index (χ4n) is 2.68. The lowest BCUT2D eigenvalue weighted by Crippen LogP contribution is -2.34. The highest BCUT2D eigenvalue weighted by Crippen LogP contribution is 2.44. The summed E-state index contributed by atoms with van der Waals surface area (Å²) in [6, 6.07) is 0. The van der Waals surface area contributed by atoms with Crippen LogP contribution in [-0.4, -0.2) is 0 Å². The van der Waals surface area contributed by atoms with Crippen LogP contribution < -0.4 is 0 Å². The van der Waals surface area contributed by atoms with Crippen LogP contribution in [0.2, 0.25) is 0 Å². The summed E-state index contributed by atoms with van der Waals surface area (Å²) < 4.78 is 0. The van der Waals surface area contributed by atoms with Gasteiger partial charge in [-0.15, -0.1) is 0 Å². The van der Waals surface area contributed by atoms with E-state index in [1.165, 1.54) is 0 Å². The molecule has 0 aliphatic rings. The number of hydrogen-bond acceptors (Lipinski definition) is 0. The van der Waals surface area contributed by atoms with Crippen molar-refractivity contribution in [3.8, 4) is 0 Å². The molecule has 0 radical (unpaired) electrons. The van der Waals surface area contributed by atoms with E-state index in [2.05, 4.69) is 107 Å². The summed E-state index contributed by atoms with van der Waals surface area (Å²) in [5, 5.41) is 0. The molecule has 0 heteroatoms. The van der Waals surface area contributed by atoms with Gasteiger partial charge in [0.1, 0.15) is 0 Å². The molecule has 0 aromatic heterocycles. The lowest BCUT2D eigenvalue weighted by Gasteiger charge is -2.41. The summed E-state index contributed by atoms with van der Waals surface area (Å²) in [5.41, 5.74) is 0.975. The van der Waals surface area contributed by atoms with Gasteiger partial charge in [-0.3, -0.25) is 0 Å². The Bertz CT molecular complexity index is 340. The summed E-state index contributed by atoms with van der Waals surface area (Å²) >= 11 is 0. The van der Waals surface area contributed by atoms with Crippen LogP contribution in [0.1, 0.15) is 83.1 Å². The van der Waals surface area contributed by atoms with Crippen molar-refractivity contribution in [3.63, 3.8) is 0 Å². The summed E-state index contributed by atoms with van der Waals surface area (Å²) in [4.78, 5) is 0. The minimum atomic E-state index is 0.236. The molecule has 0 aromatic rings. The molecule has 0 fully saturated rings. The van der Waals surface area contributed by atoms with Gasteiger partial charge in [0.2, 0.25) is 0 Å². The second kappa shape index (κ2) is 6.93. The molecule has 0 unspecified atom stereocenters. The average molecular weight is 307 g/mol. The quantitative estimate of drug-likeness (QED) is 0.473. The molecule has 0 N–H and O–H groups in total. The highest BCUT2D eigenvalue weighted by molar-refractivity contribution is 5.10. The fourth-order valence-corrected chi connectivity index (χ4v) is 2.68. The Morgan fingerprint density at radius 3 is 0.818 bits per heavy atom. The Kier molecular flexibility index (Phi) is 6.77. The minimum Gasteiger partial charge on any atom is -0.0838 e. The first-order chi connectivity index (χ1) is 9.43. The van der Waals surface area contributed by atoms with Crippen LogP contribution in [0.15, 0.2) is 24.3 Å². The van der Waals surface area contributed by atoms with E-state index < -0.39 is 0 Å². The smallest absolute Gasteiger partial charge is 0.0117 e. The van der Waals surface area contributed by atoms with Crippen LogP contribution >= 0.6 is 0 Å². The summed E-state index contributed by atoms with van der Waals surface area (Å²) in [5.74, 6) is 1.07. The average Bonchev–Trinajstić information content (AvgIpc) is 2.15. The summed E-state index contributed by atoms with van der Waals surface area (Å²) in [6.07, 6.45) is 9.74. The highest BCUT2D eigenvalue weighted by Gasteiger charge is 2.36. The molecule has 0 aliphatic heterocycles. The van der Waals surface area contributed by atoms with Gasteiger partial charge in [-0.25, -0.2) is 0 Å². The van der Waals surface area contributed by atoms with Crippen LogP contribution in [0, 0.1) is 33.5 Å². The van der Waals surface area contributed by atoms with Gasteiger partial charge >= 0.3 is 0 Å². The zero-order valence-corrected chi connectivity index (χ0v) is 17.5. The molecule has 2 atom stereocenters. The predicted molar refractivity (Wildman–Crippen MR) is 103 cm³/mol. The fraction of sp³-hybridized carbons (Fsp3) is 0.818. The third-order valence-corrected chi connectivity index (χ3v) is 3.99. The van der Waals surface area contributed by atoms with E-state index in [1.54, 1.807) is 0 Å². The van der Waals surface area contributed by atoms with Gasteiger partial charge in [-0.1, -0.05) is 107 Å². The molecule has 0 amide bonds. The third kappa shape index (κ3) is 8.81. The minimum absolute atomic E-state index is 0.236. The third-order valence-electron chi connectivity index (χ3n) is 3.99. The van der Waals surface area contributed by atoms with E-state index in [1.807, 2.05) is 0 Å². The van der Waals surface area contributed by atoms with Crippen molar-refractivity contribution < 1.29 is 0 Å². The zero-order chi connectivity index (χ0) is 18.0. The lowest BCUT2D eigenvalue weighted by molar-refractivity contribution is 0.141. The maximum Gasteiger partial charge on any atom is -0.0117 e. The first-order valence-electron chi connectivity index (χ1n) is 8.82. The molecule has 0 rings (SSSR count). The molecule has 0 saturated heterocycles.